The van der Waals surface area contributed by atoms with Gasteiger partial charge in [-0.1, -0.05) is 6.07 Å². The molecule has 1 amide bonds. The van der Waals surface area contributed by atoms with Gasteiger partial charge in [-0.05, 0) is 30.7 Å². The van der Waals surface area contributed by atoms with E-state index in [0.717, 1.165) is 12.1 Å². The van der Waals surface area contributed by atoms with Gasteiger partial charge in [-0.3, -0.25) is 9.78 Å². The average Bonchev–Trinajstić information content (AvgIpc) is 3.11. The number of hydrogen-bond donors (Lipinski definition) is 0. The molecule has 1 spiro atoms. The largest absolute Gasteiger partial charge is 0.480 e. The number of rotatable bonds is 6. The van der Waals surface area contributed by atoms with Crippen molar-refractivity contribution in [3.63, 3.8) is 0 Å². The first kappa shape index (κ1) is 17.9. The van der Waals surface area contributed by atoms with Gasteiger partial charge >= 0.3 is 0 Å². The summed E-state index contributed by atoms with van der Waals surface area (Å²) < 4.78 is 17.1. The van der Waals surface area contributed by atoms with Gasteiger partial charge in [-0.25, -0.2) is 4.98 Å². The Morgan fingerprint density at radius 1 is 1.26 bits per heavy atom. The second-order valence-electron chi connectivity index (χ2n) is 6.96. The summed E-state index contributed by atoms with van der Waals surface area (Å²) in [5.74, 6) is 0.557. The molecule has 2 aromatic rings. The van der Waals surface area contributed by atoms with Crippen molar-refractivity contribution < 1.29 is 19.0 Å². The lowest BCUT2D eigenvalue weighted by Crippen LogP contribution is -2.66. The molecule has 0 N–H and O–H groups in total. The number of ether oxygens (including phenoxy) is 3. The molecular formula is C20H23N3O4. The van der Waals surface area contributed by atoms with E-state index >= 15 is 0 Å². The van der Waals surface area contributed by atoms with Gasteiger partial charge in [0, 0.05) is 24.9 Å². The standard InChI is InChI=1S/C20H23N3O4/c1-25-18-17(6-4-9-22-18)19(24)23-13-20(14-23)15(7-10-27-20)11-26-12-16-5-2-3-8-21-16/h2-6,8-9,15H,7,10-14H2,1H3/t15-/m0/s1. The lowest BCUT2D eigenvalue weighted by Gasteiger charge is -2.50. The summed E-state index contributed by atoms with van der Waals surface area (Å²) in [7, 11) is 1.52. The van der Waals surface area contributed by atoms with Gasteiger partial charge in [0.1, 0.15) is 11.2 Å². The summed E-state index contributed by atoms with van der Waals surface area (Å²) in [6.45, 7) is 2.94. The molecule has 2 aliphatic rings. The molecule has 0 unspecified atom stereocenters. The van der Waals surface area contributed by atoms with Crippen LogP contribution in [0.4, 0.5) is 0 Å². The Morgan fingerprint density at radius 3 is 2.89 bits per heavy atom. The molecule has 2 aromatic heterocycles. The van der Waals surface area contributed by atoms with E-state index in [4.69, 9.17) is 14.2 Å². The third-order valence-corrected chi connectivity index (χ3v) is 5.29. The Kier molecular flexibility index (Phi) is 5.05. The number of likely N-dealkylation sites (tertiary alicyclic amines) is 1. The van der Waals surface area contributed by atoms with Gasteiger partial charge in [0.25, 0.3) is 5.91 Å². The predicted molar refractivity (Wildman–Crippen MR) is 97.4 cm³/mol. The van der Waals surface area contributed by atoms with Gasteiger partial charge < -0.3 is 19.1 Å². The lowest BCUT2D eigenvalue weighted by atomic mass is 9.81. The van der Waals surface area contributed by atoms with E-state index in [1.165, 1.54) is 7.11 Å². The first-order valence-electron chi connectivity index (χ1n) is 9.12. The zero-order valence-electron chi connectivity index (χ0n) is 15.3. The summed E-state index contributed by atoms with van der Waals surface area (Å²) in [6, 6.07) is 9.27. The minimum absolute atomic E-state index is 0.0748. The van der Waals surface area contributed by atoms with Crippen LogP contribution >= 0.6 is 0 Å². The highest BCUT2D eigenvalue weighted by Gasteiger charge is 2.54. The van der Waals surface area contributed by atoms with Crippen LogP contribution in [0.3, 0.4) is 0 Å². The van der Waals surface area contributed by atoms with Crippen LogP contribution in [0.1, 0.15) is 22.5 Å². The molecule has 2 saturated heterocycles. The third kappa shape index (κ3) is 3.52. The molecular weight excluding hydrogens is 346 g/mol. The van der Waals surface area contributed by atoms with E-state index in [9.17, 15) is 4.79 Å². The van der Waals surface area contributed by atoms with Crippen LogP contribution in [0.5, 0.6) is 5.88 Å². The molecule has 2 aliphatic heterocycles. The molecule has 27 heavy (non-hydrogen) atoms. The first-order valence-corrected chi connectivity index (χ1v) is 9.12. The van der Waals surface area contributed by atoms with Crippen molar-refractivity contribution in [1.29, 1.82) is 0 Å². The maximum absolute atomic E-state index is 12.8. The second kappa shape index (κ2) is 7.62. The van der Waals surface area contributed by atoms with Crippen LogP contribution in [0.2, 0.25) is 0 Å². The molecule has 4 rings (SSSR count). The Bertz CT molecular complexity index is 793. The normalized spacial score (nSPS) is 20.5. The van der Waals surface area contributed by atoms with Crippen molar-refractivity contribution in [1.82, 2.24) is 14.9 Å². The predicted octanol–water partition coefficient (Wildman–Crippen LogP) is 1.93. The highest BCUT2D eigenvalue weighted by Crippen LogP contribution is 2.41. The number of aromatic nitrogens is 2. The number of pyridine rings is 2. The third-order valence-electron chi connectivity index (χ3n) is 5.29. The molecule has 7 heteroatoms. The zero-order valence-corrected chi connectivity index (χ0v) is 15.3. The van der Waals surface area contributed by atoms with Gasteiger partial charge in [-0.15, -0.1) is 0 Å². The highest BCUT2D eigenvalue weighted by atomic mass is 16.5. The molecule has 0 aromatic carbocycles. The van der Waals surface area contributed by atoms with Crippen LogP contribution in [-0.4, -0.2) is 59.8 Å². The Balaban J connectivity index is 1.34. The minimum atomic E-state index is -0.296. The van der Waals surface area contributed by atoms with Crippen molar-refractivity contribution in [3.8, 4) is 5.88 Å². The molecule has 7 nitrogen and oxygen atoms in total. The molecule has 0 aliphatic carbocycles. The Hall–Kier alpha value is -2.51. The number of methoxy groups -OCH3 is 1. The molecule has 142 valence electrons. The number of nitrogens with zero attached hydrogens (tertiary/aromatic N) is 3. The monoisotopic (exact) mass is 369 g/mol. The van der Waals surface area contributed by atoms with Crippen molar-refractivity contribution >= 4 is 5.91 Å². The minimum Gasteiger partial charge on any atom is -0.480 e. The Morgan fingerprint density at radius 2 is 2.11 bits per heavy atom. The smallest absolute Gasteiger partial charge is 0.259 e. The fraction of sp³-hybridized carbons (Fsp3) is 0.450. The highest BCUT2D eigenvalue weighted by molar-refractivity contribution is 5.97. The fourth-order valence-corrected chi connectivity index (χ4v) is 3.79. The van der Waals surface area contributed by atoms with Gasteiger partial charge in [0.15, 0.2) is 0 Å². The van der Waals surface area contributed by atoms with Gasteiger partial charge in [-0.2, -0.15) is 0 Å². The van der Waals surface area contributed by atoms with Crippen LogP contribution in [0, 0.1) is 5.92 Å². The van der Waals surface area contributed by atoms with Gasteiger partial charge in [0.05, 0.1) is 39.1 Å². The topological polar surface area (TPSA) is 73.8 Å². The fourth-order valence-electron chi connectivity index (χ4n) is 3.79. The first-order chi connectivity index (χ1) is 13.2. The number of carbonyl (C=O) groups is 1. The van der Waals surface area contributed by atoms with E-state index in [1.54, 1.807) is 29.4 Å². The van der Waals surface area contributed by atoms with Crippen molar-refractivity contribution in [2.24, 2.45) is 5.92 Å². The van der Waals surface area contributed by atoms with Crippen LogP contribution in [-0.2, 0) is 16.1 Å². The summed E-state index contributed by atoms with van der Waals surface area (Å²) in [4.78, 5) is 22.9. The molecule has 1 atom stereocenters. The molecule has 2 fully saturated rings. The number of hydrogen-bond acceptors (Lipinski definition) is 6. The van der Waals surface area contributed by atoms with Crippen LogP contribution < -0.4 is 4.74 Å². The second-order valence-corrected chi connectivity index (χ2v) is 6.96. The quantitative estimate of drug-likeness (QED) is 0.775. The number of amides is 1. The number of carbonyl (C=O) groups excluding carboxylic acids is 1. The van der Waals surface area contributed by atoms with Crippen molar-refractivity contribution in [3.05, 3.63) is 54.0 Å². The SMILES string of the molecule is COc1ncccc1C(=O)N1CC2(C1)OCC[C@H]2COCc1ccccn1. The summed E-state index contributed by atoms with van der Waals surface area (Å²) >= 11 is 0. The summed E-state index contributed by atoms with van der Waals surface area (Å²) in [5, 5.41) is 0. The maximum Gasteiger partial charge on any atom is 0.259 e. The van der Waals surface area contributed by atoms with Crippen LogP contribution in [0.25, 0.3) is 0 Å². The zero-order chi connectivity index (χ0) is 18.7. The Labute approximate surface area is 158 Å². The average molecular weight is 369 g/mol. The van der Waals surface area contributed by atoms with E-state index in [-0.39, 0.29) is 17.4 Å². The molecule has 4 heterocycles. The van der Waals surface area contributed by atoms with E-state index < -0.39 is 0 Å². The van der Waals surface area contributed by atoms with E-state index in [0.29, 0.717) is 44.4 Å². The van der Waals surface area contributed by atoms with E-state index in [1.807, 2.05) is 18.2 Å². The molecule has 0 bridgehead atoms. The van der Waals surface area contributed by atoms with Crippen molar-refractivity contribution in [2.45, 2.75) is 18.6 Å². The molecule has 0 saturated carbocycles. The summed E-state index contributed by atoms with van der Waals surface area (Å²) in [5.41, 5.74) is 1.10. The maximum atomic E-state index is 12.8. The van der Waals surface area contributed by atoms with Crippen molar-refractivity contribution in [2.75, 3.05) is 33.4 Å². The van der Waals surface area contributed by atoms with E-state index in [2.05, 4.69) is 9.97 Å². The van der Waals surface area contributed by atoms with Crippen LogP contribution in [0.15, 0.2) is 42.7 Å². The summed E-state index contributed by atoms with van der Waals surface area (Å²) in [6.07, 6.45) is 4.32. The van der Waals surface area contributed by atoms with Gasteiger partial charge in [0.2, 0.25) is 5.88 Å². The lowest BCUT2D eigenvalue weighted by molar-refractivity contribution is -0.129. The molecule has 0 radical (unpaired) electrons.